The average molecular weight is 312 g/mol. The van der Waals surface area contributed by atoms with Gasteiger partial charge in [-0.15, -0.1) is 13.2 Å². The summed E-state index contributed by atoms with van der Waals surface area (Å²) in [7, 11) is 0. The number of nitro groups is 1. The molecule has 0 bridgehead atoms. The molecule has 0 unspecified atom stereocenters. The first-order chi connectivity index (χ1) is 9.64. The first kappa shape index (κ1) is 16.6. The number of carbonyl (C=O) groups is 1. The second kappa shape index (κ2) is 6.33. The fraction of sp³-hybridized carbons (Fsp3) is 0.400. The van der Waals surface area contributed by atoms with Crippen LogP contribution in [0.25, 0.3) is 0 Å². The van der Waals surface area contributed by atoms with Crippen LogP contribution >= 0.6 is 0 Å². The van der Waals surface area contributed by atoms with E-state index in [1.807, 2.05) is 0 Å². The van der Waals surface area contributed by atoms with E-state index < -0.39 is 46.8 Å². The maximum Gasteiger partial charge on any atom is 0.573 e. The summed E-state index contributed by atoms with van der Waals surface area (Å²) in [6.45, 7) is 1.36. The van der Waals surface area contributed by atoms with Crippen molar-refractivity contribution in [1.82, 2.24) is 4.98 Å². The van der Waals surface area contributed by atoms with Crippen LogP contribution in [-0.2, 0) is 16.0 Å². The summed E-state index contributed by atoms with van der Waals surface area (Å²) in [5.74, 6) is -5.15. The van der Waals surface area contributed by atoms with Crippen molar-refractivity contribution in [3.05, 3.63) is 27.7 Å². The molecule has 1 rings (SSSR count). The first-order valence-electron chi connectivity index (χ1n) is 5.39. The summed E-state index contributed by atoms with van der Waals surface area (Å²) >= 11 is 0. The summed E-state index contributed by atoms with van der Waals surface area (Å²) in [5.41, 5.74) is -0.877. The van der Waals surface area contributed by atoms with Gasteiger partial charge in [0.1, 0.15) is 6.42 Å². The van der Waals surface area contributed by atoms with Crippen molar-refractivity contribution >= 4 is 11.8 Å². The lowest BCUT2D eigenvalue weighted by atomic mass is 10.2. The van der Waals surface area contributed by atoms with Crippen molar-refractivity contribution in [3.8, 4) is 5.75 Å². The van der Waals surface area contributed by atoms with E-state index in [0.717, 1.165) is 0 Å². The Bertz CT molecular complexity index is 561. The molecule has 0 aliphatic rings. The Morgan fingerprint density at radius 1 is 1.48 bits per heavy atom. The van der Waals surface area contributed by atoms with E-state index >= 15 is 0 Å². The van der Waals surface area contributed by atoms with E-state index in [4.69, 9.17) is 0 Å². The van der Waals surface area contributed by atoms with Crippen LogP contribution in [0.5, 0.6) is 5.75 Å². The number of hydrogen-bond donors (Lipinski definition) is 0. The number of nitrogens with zero attached hydrogens (tertiary/aromatic N) is 2. The van der Waals surface area contributed by atoms with E-state index in [0.29, 0.717) is 0 Å². The van der Waals surface area contributed by atoms with Crippen LogP contribution in [0.3, 0.4) is 0 Å². The molecule has 1 aromatic rings. The van der Waals surface area contributed by atoms with Crippen molar-refractivity contribution in [3.63, 3.8) is 0 Å². The Hall–Kier alpha value is -2.46. The predicted octanol–water partition coefficient (Wildman–Crippen LogP) is 2.13. The number of pyridine rings is 1. The van der Waals surface area contributed by atoms with Gasteiger partial charge < -0.3 is 19.6 Å². The fourth-order valence-corrected chi connectivity index (χ4v) is 1.32. The largest absolute Gasteiger partial charge is 0.573 e. The molecule has 0 spiro atoms. The third-order valence-electron chi connectivity index (χ3n) is 2.01. The topological polar surface area (TPSA) is 91.6 Å². The Morgan fingerprint density at radius 2 is 2.10 bits per heavy atom. The molecule has 1 aromatic heterocycles. The molecule has 0 aliphatic heterocycles. The Kier molecular flexibility index (Phi) is 5.00. The SMILES string of the molecule is CCOC(=O)Cc1nc([N+](=O)[O-])cc(F)c1OC(F)(F)F. The van der Waals surface area contributed by atoms with Gasteiger partial charge in [0.15, 0.2) is 5.82 Å². The molecule has 21 heavy (non-hydrogen) atoms. The number of halogens is 4. The lowest BCUT2D eigenvalue weighted by Gasteiger charge is -2.11. The summed E-state index contributed by atoms with van der Waals surface area (Å²) in [6, 6.07) is 0.162. The molecular weight excluding hydrogens is 304 g/mol. The van der Waals surface area contributed by atoms with Crippen molar-refractivity contribution in [2.45, 2.75) is 19.7 Å². The monoisotopic (exact) mass is 312 g/mol. The van der Waals surface area contributed by atoms with Crippen LogP contribution in [0.1, 0.15) is 12.6 Å². The van der Waals surface area contributed by atoms with Crippen molar-refractivity contribution < 1.29 is 36.8 Å². The summed E-state index contributed by atoms with van der Waals surface area (Å²) in [4.78, 5) is 23.8. The molecule has 116 valence electrons. The van der Waals surface area contributed by atoms with Crippen LogP contribution in [0.4, 0.5) is 23.4 Å². The maximum atomic E-state index is 13.5. The number of hydrogen-bond acceptors (Lipinski definition) is 6. The van der Waals surface area contributed by atoms with Gasteiger partial charge in [-0.25, -0.2) is 4.39 Å². The molecule has 0 fully saturated rings. The molecular formula is C10H8F4N2O5. The Labute approximate surface area is 114 Å². The molecule has 0 atom stereocenters. The van der Waals surface area contributed by atoms with Crippen molar-refractivity contribution in [2.75, 3.05) is 6.61 Å². The fourth-order valence-electron chi connectivity index (χ4n) is 1.32. The van der Waals surface area contributed by atoms with Gasteiger partial charge in [0.2, 0.25) is 11.4 Å². The molecule has 1 heterocycles. The van der Waals surface area contributed by atoms with Gasteiger partial charge in [0.25, 0.3) is 0 Å². The van der Waals surface area contributed by atoms with Gasteiger partial charge in [-0.2, -0.15) is 0 Å². The number of rotatable bonds is 5. The predicted molar refractivity (Wildman–Crippen MR) is 57.9 cm³/mol. The zero-order valence-electron chi connectivity index (χ0n) is 10.4. The Balaban J connectivity index is 3.26. The zero-order chi connectivity index (χ0) is 16.2. The molecule has 0 aliphatic carbocycles. The first-order valence-corrected chi connectivity index (χ1v) is 5.39. The van der Waals surface area contributed by atoms with Crippen LogP contribution in [0.15, 0.2) is 6.07 Å². The highest BCUT2D eigenvalue weighted by atomic mass is 19.4. The van der Waals surface area contributed by atoms with Crippen molar-refractivity contribution in [2.24, 2.45) is 0 Å². The molecule has 11 heteroatoms. The van der Waals surface area contributed by atoms with E-state index in [9.17, 15) is 32.5 Å². The maximum absolute atomic E-state index is 13.5. The third-order valence-corrected chi connectivity index (χ3v) is 2.01. The van der Waals surface area contributed by atoms with Gasteiger partial charge in [-0.3, -0.25) is 4.79 Å². The van der Waals surface area contributed by atoms with Crippen LogP contribution < -0.4 is 4.74 Å². The minimum absolute atomic E-state index is 0.0777. The smallest absolute Gasteiger partial charge is 0.466 e. The van der Waals surface area contributed by atoms with E-state index in [1.54, 1.807) is 0 Å². The second-order valence-electron chi connectivity index (χ2n) is 3.52. The number of alkyl halides is 3. The van der Waals surface area contributed by atoms with Crippen LogP contribution in [0.2, 0.25) is 0 Å². The number of esters is 1. The highest BCUT2D eigenvalue weighted by Gasteiger charge is 2.36. The minimum Gasteiger partial charge on any atom is -0.466 e. The van der Waals surface area contributed by atoms with Gasteiger partial charge in [-0.1, -0.05) is 0 Å². The third kappa shape index (κ3) is 4.85. The highest BCUT2D eigenvalue weighted by Crippen LogP contribution is 2.30. The summed E-state index contributed by atoms with van der Waals surface area (Å²) < 4.78 is 57.9. The summed E-state index contributed by atoms with van der Waals surface area (Å²) in [5, 5.41) is 10.5. The lowest BCUT2D eigenvalue weighted by Crippen LogP contribution is -2.21. The molecule has 0 saturated carbocycles. The standard InChI is InChI=1S/C10H8F4N2O5/c1-2-20-8(17)4-6-9(21-10(12,13)14)5(11)3-7(15-6)16(18)19/h3H,2,4H2,1H3. The van der Waals surface area contributed by atoms with Gasteiger partial charge >= 0.3 is 18.1 Å². The number of aromatic nitrogens is 1. The van der Waals surface area contributed by atoms with Gasteiger partial charge in [0.05, 0.1) is 12.7 Å². The van der Waals surface area contributed by atoms with Gasteiger partial charge in [0, 0.05) is 0 Å². The molecule has 7 nitrogen and oxygen atoms in total. The normalized spacial score (nSPS) is 11.1. The minimum atomic E-state index is -5.25. The zero-order valence-corrected chi connectivity index (χ0v) is 10.4. The molecule has 0 saturated heterocycles. The highest BCUT2D eigenvalue weighted by molar-refractivity contribution is 5.73. The van der Waals surface area contributed by atoms with E-state index in [-0.39, 0.29) is 12.7 Å². The average Bonchev–Trinajstić information content (AvgIpc) is 2.31. The van der Waals surface area contributed by atoms with Crippen LogP contribution in [-0.4, -0.2) is 28.8 Å². The van der Waals surface area contributed by atoms with E-state index in [2.05, 4.69) is 14.5 Å². The molecule has 0 radical (unpaired) electrons. The number of carbonyl (C=O) groups excluding carboxylic acids is 1. The molecule has 0 N–H and O–H groups in total. The molecule has 0 aromatic carbocycles. The number of ether oxygens (including phenoxy) is 2. The van der Waals surface area contributed by atoms with Crippen LogP contribution in [0, 0.1) is 15.9 Å². The van der Waals surface area contributed by atoms with Crippen molar-refractivity contribution in [1.29, 1.82) is 0 Å². The lowest BCUT2D eigenvalue weighted by molar-refractivity contribution is -0.389. The van der Waals surface area contributed by atoms with Gasteiger partial charge in [-0.05, 0) is 16.8 Å². The van der Waals surface area contributed by atoms with E-state index in [1.165, 1.54) is 6.92 Å². The quantitative estimate of drug-likeness (QED) is 0.358. The second-order valence-corrected chi connectivity index (χ2v) is 3.52. The summed E-state index contributed by atoms with van der Waals surface area (Å²) in [6.07, 6.45) is -6.15. The molecule has 0 amide bonds. The Morgan fingerprint density at radius 3 is 2.57 bits per heavy atom.